The van der Waals surface area contributed by atoms with E-state index in [1.165, 1.54) is 77.5 Å². The van der Waals surface area contributed by atoms with Crippen LogP contribution in [0.1, 0.15) is 56.8 Å². The maximum Gasteiger partial charge on any atom is 0.258 e. The van der Waals surface area contributed by atoms with Crippen LogP contribution in [0.15, 0.2) is 130 Å². The number of halogens is 2. The summed E-state index contributed by atoms with van der Waals surface area (Å²) in [7, 11) is 6.26. The molecule has 20 heteroatoms. The summed E-state index contributed by atoms with van der Waals surface area (Å²) in [5.74, 6) is -2.52. The van der Waals surface area contributed by atoms with E-state index < -0.39 is 65.7 Å². The van der Waals surface area contributed by atoms with E-state index in [2.05, 4.69) is 70.6 Å². The van der Waals surface area contributed by atoms with Gasteiger partial charge in [0.1, 0.15) is 23.6 Å². The lowest BCUT2D eigenvalue weighted by molar-refractivity contribution is -0.128. The summed E-state index contributed by atoms with van der Waals surface area (Å²) >= 11 is 7.12. The molecule has 2 heterocycles. The highest BCUT2D eigenvalue weighted by atomic mass is 79.9. The summed E-state index contributed by atoms with van der Waals surface area (Å²) < 4.78 is 13.4. The molecule has 6 amide bonds. The van der Waals surface area contributed by atoms with Crippen LogP contribution in [0.2, 0.25) is 0 Å². The number of ether oxygens (including phenoxy) is 2. The number of methoxy groups -OCH3 is 2. The maximum atomic E-state index is 15.7. The number of carbonyl (C=O) groups excluding carboxylic acids is 6. The minimum Gasteiger partial charge on any atom is -0.496 e. The molecule has 18 nitrogen and oxygen atoms in total. The lowest BCUT2D eigenvalue weighted by atomic mass is 9.92. The quantitative estimate of drug-likeness (QED) is 0.0700. The van der Waals surface area contributed by atoms with Gasteiger partial charge in [0.15, 0.2) is 0 Å². The van der Waals surface area contributed by atoms with Crippen molar-refractivity contribution in [3.8, 4) is 23.6 Å². The number of carbonyl (C=O) groups is 6. The molecule has 406 valence electrons. The first kappa shape index (κ1) is 56.1. The van der Waals surface area contributed by atoms with Crippen LogP contribution >= 0.6 is 31.9 Å². The van der Waals surface area contributed by atoms with Gasteiger partial charge in [-0.1, -0.05) is 56.1 Å². The number of amides is 6. The summed E-state index contributed by atoms with van der Waals surface area (Å²) in [6.07, 6.45) is -0.0440. The molecule has 0 saturated heterocycles. The molecule has 0 aliphatic carbocycles. The van der Waals surface area contributed by atoms with Crippen LogP contribution in [-0.4, -0.2) is 101 Å². The minimum atomic E-state index is -1.38. The van der Waals surface area contributed by atoms with Crippen LogP contribution < -0.4 is 50.8 Å². The van der Waals surface area contributed by atoms with Crippen LogP contribution in [0.25, 0.3) is 21.5 Å². The second-order valence-corrected chi connectivity index (χ2v) is 21.1. The number of likely N-dealkylation sites (N-methyl/N-ethyl adjacent to an activating group) is 2. The maximum absolute atomic E-state index is 15.7. The average molecular weight is 1200 g/mol. The molecule has 80 heavy (non-hydrogen) atoms. The highest BCUT2D eigenvalue weighted by Crippen LogP contribution is 2.41. The fourth-order valence-electron chi connectivity index (χ4n) is 10.1. The molecule has 7 aromatic rings. The second-order valence-electron chi connectivity index (χ2n) is 19.3. The molecule has 7 aromatic carbocycles. The normalized spacial score (nSPS) is 16.7. The molecule has 0 saturated carbocycles. The van der Waals surface area contributed by atoms with Gasteiger partial charge in [-0.3, -0.25) is 28.8 Å². The number of hydrogen-bond acceptors (Lipinski definition) is 12. The number of nitrogens with one attached hydrogen (secondary N) is 5. The number of benzene rings is 7. The molecule has 2 aliphatic rings. The molecule has 9 rings (SSSR count). The lowest BCUT2D eigenvalue weighted by Crippen LogP contribution is -2.60. The summed E-state index contributed by atoms with van der Waals surface area (Å²) in [6.45, 7) is 2.85. The van der Waals surface area contributed by atoms with E-state index in [0.29, 0.717) is 22.6 Å². The molecule has 1 unspecified atom stereocenters. The monoisotopic (exact) mass is 1200 g/mol. The summed E-state index contributed by atoms with van der Waals surface area (Å²) in [4.78, 5) is 92.5. The summed E-state index contributed by atoms with van der Waals surface area (Å²) in [5.41, 5.74) is 2.63. The molecule has 0 radical (unpaired) electrons. The first-order valence-corrected chi connectivity index (χ1v) is 27.0. The van der Waals surface area contributed by atoms with Crippen LogP contribution in [0, 0.1) is 22.7 Å². The van der Waals surface area contributed by atoms with Crippen molar-refractivity contribution in [1.82, 2.24) is 21.3 Å². The number of anilines is 4. The van der Waals surface area contributed by atoms with E-state index in [4.69, 9.17) is 9.47 Å². The number of fused-ring (bicyclic) bond motifs is 4. The van der Waals surface area contributed by atoms with Gasteiger partial charge in [0.05, 0.1) is 91.4 Å². The Bertz CT molecular complexity index is 3750. The van der Waals surface area contributed by atoms with Gasteiger partial charge < -0.3 is 50.8 Å². The molecule has 0 fully saturated rings. The highest BCUT2D eigenvalue weighted by Gasteiger charge is 2.44. The molecule has 5 atom stereocenters. The van der Waals surface area contributed by atoms with E-state index in [0.717, 1.165) is 30.5 Å². The third-order valence-electron chi connectivity index (χ3n) is 14.6. The molecular formula is C60H54Br2N10O8. The summed E-state index contributed by atoms with van der Waals surface area (Å²) in [6, 6.07) is 32.7. The third kappa shape index (κ3) is 11.0. The van der Waals surface area contributed by atoms with E-state index in [-0.39, 0.29) is 64.5 Å². The van der Waals surface area contributed by atoms with Crippen molar-refractivity contribution >= 4 is 112 Å². The molecule has 0 bridgehead atoms. The summed E-state index contributed by atoms with van der Waals surface area (Å²) in [5, 5.41) is 38.2. The topological polar surface area (TPSA) is 238 Å². The largest absolute Gasteiger partial charge is 0.496 e. The van der Waals surface area contributed by atoms with Crippen molar-refractivity contribution in [2.75, 3.05) is 54.9 Å². The van der Waals surface area contributed by atoms with Crippen molar-refractivity contribution in [2.24, 2.45) is 0 Å². The molecule has 2 aliphatic heterocycles. The van der Waals surface area contributed by atoms with Gasteiger partial charge in [0.25, 0.3) is 17.7 Å². The lowest BCUT2D eigenvalue weighted by Gasteiger charge is -2.36. The SMILES string of the molecule is CN[C@@H](C)C(=O)N[C@H]1CN(C(=O)c2ccc(C(=O)N3c4cc(C#N)ccc4NC(=O)[C@@H](NC(=O)[C@H](C)NC)C3Cc3c(OC)ccc4cc(Br)ccc34)cc2)c2cc(C#N)ccc2N(Cc2c(OC)ccc3cc(Br)ccc23)C1=O. The third-order valence-corrected chi connectivity index (χ3v) is 15.6. The van der Waals surface area contributed by atoms with Crippen LogP contribution in [-0.2, 0) is 32.1 Å². The van der Waals surface area contributed by atoms with Gasteiger partial charge in [0.2, 0.25) is 17.7 Å². The van der Waals surface area contributed by atoms with E-state index in [1.807, 2.05) is 48.5 Å². The Balaban J connectivity index is 1.16. The Morgan fingerprint density at radius 2 is 1.20 bits per heavy atom. The van der Waals surface area contributed by atoms with Crippen molar-refractivity contribution in [3.63, 3.8) is 0 Å². The standard InChI is InChI=1S/C60H54Br2N10O8/c1-32(65-3)55(73)68-47-31-71(50-24-35(29-64)8-20-48(50)70(60(47)78)30-45-43-18-16-41(62)26-39(43)14-22-53(45)80-6)58(76)36-9-11-37(12-10-36)59(77)72-49-23-34(28-63)7-19-46(49)67-57(75)54(69-56(74)33(2)66-4)51(72)27-44-42-17-15-40(61)25-38(42)13-21-52(44)79-5/h7-26,32-33,47,51,54,65-66H,27,30-31H2,1-6H3,(H,67,75)(H,68,73)(H,69,74)/t32-,33-,47-,51?,54-/m0/s1. The zero-order valence-corrected chi connectivity index (χ0v) is 47.5. The number of nitriles is 2. The van der Waals surface area contributed by atoms with Gasteiger partial charge in [-0.25, -0.2) is 0 Å². The Morgan fingerprint density at radius 3 is 1.77 bits per heavy atom. The predicted molar refractivity (Wildman–Crippen MR) is 312 cm³/mol. The Kier molecular flexibility index (Phi) is 16.6. The molecule has 0 spiro atoms. The Hall–Kier alpha value is -8.66. The van der Waals surface area contributed by atoms with Gasteiger partial charge in [-0.2, -0.15) is 10.5 Å². The first-order valence-electron chi connectivity index (χ1n) is 25.4. The smallest absolute Gasteiger partial charge is 0.258 e. The first-order chi connectivity index (χ1) is 38.5. The number of nitrogens with zero attached hydrogens (tertiary/aromatic N) is 5. The fourth-order valence-corrected chi connectivity index (χ4v) is 10.9. The van der Waals surface area contributed by atoms with E-state index in [1.54, 1.807) is 52.2 Å². The molecular weight excluding hydrogens is 1150 g/mol. The Labute approximate surface area is 478 Å². The zero-order chi connectivity index (χ0) is 57.1. The predicted octanol–water partition coefficient (Wildman–Crippen LogP) is 7.87. The van der Waals surface area contributed by atoms with Crippen molar-refractivity contribution in [1.29, 1.82) is 10.5 Å². The van der Waals surface area contributed by atoms with Crippen LogP contribution in [0.4, 0.5) is 22.7 Å². The van der Waals surface area contributed by atoms with E-state index in [9.17, 15) is 24.9 Å². The molecule has 5 N–H and O–H groups in total. The van der Waals surface area contributed by atoms with Gasteiger partial charge in [-0.05, 0) is 147 Å². The number of hydrogen-bond donors (Lipinski definition) is 5. The van der Waals surface area contributed by atoms with Crippen molar-refractivity contribution in [2.45, 2.75) is 57.0 Å². The number of rotatable bonds is 14. The second kappa shape index (κ2) is 23.7. The van der Waals surface area contributed by atoms with Crippen LogP contribution in [0.3, 0.4) is 0 Å². The van der Waals surface area contributed by atoms with Crippen molar-refractivity contribution in [3.05, 3.63) is 164 Å². The van der Waals surface area contributed by atoms with E-state index >= 15 is 14.4 Å². The average Bonchev–Trinajstić information content (AvgIpc) is 3.86. The molecule has 0 aromatic heterocycles. The van der Waals surface area contributed by atoms with Crippen molar-refractivity contribution < 1.29 is 38.2 Å². The van der Waals surface area contributed by atoms with Crippen LogP contribution in [0.5, 0.6) is 11.5 Å². The fraction of sp³-hybridized carbons (Fsp3) is 0.233. The Morgan fingerprint density at radius 1 is 0.662 bits per heavy atom. The van der Waals surface area contributed by atoms with Gasteiger partial charge >= 0.3 is 0 Å². The minimum absolute atomic E-state index is 0.0440. The highest BCUT2D eigenvalue weighted by molar-refractivity contribution is 9.10. The zero-order valence-electron chi connectivity index (χ0n) is 44.3. The van der Waals surface area contributed by atoms with Gasteiger partial charge in [-0.15, -0.1) is 0 Å². The van der Waals surface area contributed by atoms with Gasteiger partial charge in [0, 0.05) is 37.6 Å².